The van der Waals surface area contributed by atoms with Crippen LogP contribution in [-0.2, 0) is 20.7 Å². The largest absolute Gasteiger partial charge is 0.458 e. The Morgan fingerprint density at radius 3 is 2.55 bits per heavy atom. The molecule has 1 atom stereocenters. The second-order valence-electron chi connectivity index (χ2n) is 5.63. The van der Waals surface area contributed by atoms with Gasteiger partial charge in [-0.25, -0.2) is 9.18 Å². The van der Waals surface area contributed by atoms with Gasteiger partial charge >= 0.3 is 5.97 Å². The maximum atomic E-state index is 13.0. The molecule has 20 heavy (non-hydrogen) atoms. The minimum atomic E-state index is -0.740. The Kier molecular flexibility index (Phi) is 5.25. The molecule has 1 aromatic rings. The van der Waals surface area contributed by atoms with Gasteiger partial charge in [-0.3, -0.25) is 4.79 Å². The molecular formula is C15H20FNO3. The molecule has 1 aromatic carbocycles. The third kappa shape index (κ3) is 5.82. The van der Waals surface area contributed by atoms with Gasteiger partial charge in [-0.1, -0.05) is 12.1 Å². The fourth-order valence-electron chi connectivity index (χ4n) is 1.57. The van der Waals surface area contributed by atoms with E-state index in [2.05, 4.69) is 5.32 Å². The molecule has 0 aromatic heterocycles. The molecule has 0 saturated heterocycles. The molecule has 0 fully saturated rings. The molecule has 0 aliphatic rings. The molecule has 0 aliphatic carbocycles. The molecule has 0 bridgehead atoms. The van der Waals surface area contributed by atoms with Crippen molar-refractivity contribution in [1.82, 2.24) is 5.32 Å². The van der Waals surface area contributed by atoms with Gasteiger partial charge in [-0.15, -0.1) is 0 Å². The van der Waals surface area contributed by atoms with E-state index in [0.29, 0.717) is 5.56 Å². The van der Waals surface area contributed by atoms with E-state index in [1.165, 1.54) is 18.2 Å². The first kappa shape index (κ1) is 16.1. The summed E-state index contributed by atoms with van der Waals surface area (Å²) in [6.07, 6.45) is 0.0187. The third-order valence-corrected chi connectivity index (χ3v) is 2.39. The van der Waals surface area contributed by atoms with E-state index in [9.17, 15) is 14.0 Å². The summed E-state index contributed by atoms with van der Waals surface area (Å²) >= 11 is 0. The average Bonchev–Trinajstić information content (AvgIpc) is 2.26. The van der Waals surface area contributed by atoms with E-state index in [1.54, 1.807) is 33.8 Å². The Balaban J connectivity index is 2.52. The molecule has 0 saturated carbocycles. The van der Waals surface area contributed by atoms with Crippen LogP contribution in [0.2, 0.25) is 0 Å². The zero-order chi connectivity index (χ0) is 15.3. The third-order valence-electron chi connectivity index (χ3n) is 2.39. The van der Waals surface area contributed by atoms with E-state index in [4.69, 9.17) is 4.74 Å². The highest BCUT2D eigenvalue weighted by molar-refractivity contribution is 5.85. The number of hydrogen-bond donors (Lipinski definition) is 1. The number of nitrogens with one attached hydrogen (secondary N) is 1. The standard InChI is InChI=1S/C15H20FNO3/c1-10(14(19)20-15(2,3)4)17-13(18)9-11-6-5-7-12(16)8-11/h5-8,10H,9H2,1-4H3,(H,17,18)/t10-/m1/s1. The van der Waals surface area contributed by atoms with Gasteiger partial charge in [0.2, 0.25) is 5.91 Å². The van der Waals surface area contributed by atoms with Crippen molar-refractivity contribution < 1.29 is 18.7 Å². The lowest BCUT2D eigenvalue weighted by molar-refractivity contribution is -0.158. The highest BCUT2D eigenvalue weighted by Gasteiger charge is 2.22. The maximum Gasteiger partial charge on any atom is 0.328 e. The van der Waals surface area contributed by atoms with Crippen molar-refractivity contribution in [3.8, 4) is 0 Å². The van der Waals surface area contributed by atoms with Crippen molar-refractivity contribution in [2.45, 2.75) is 45.8 Å². The highest BCUT2D eigenvalue weighted by atomic mass is 19.1. The molecule has 110 valence electrons. The minimum Gasteiger partial charge on any atom is -0.458 e. The van der Waals surface area contributed by atoms with Crippen LogP contribution in [0.25, 0.3) is 0 Å². The number of amides is 1. The molecule has 5 heteroatoms. The van der Waals surface area contributed by atoms with Crippen LogP contribution in [0, 0.1) is 5.82 Å². The van der Waals surface area contributed by atoms with Gasteiger partial charge in [0.1, 0.15) is 17.5 Å². The predicted molar refractivity (Wildman–Crippen MR) is 73.6 cm³/mol. The Morgan fingerprint density at radius 2 is 2.00 bits per heavy atom. The SMILES string of the molecule is C[C@@H](NC(=O)Cc1cccc(F)c1)C(=O)OC(C)(C)C. The maximum absolute atomic E-state index is 13.0. The molecule has 1 amide bonds. The van der Waals surface area contributed by atoms with Crippen LogP contribution in [0.3, 0.4) is 0 Å². The second-order valence-corrected chi connectivity index (χ2v) is 5.63. The van der Waals surface area contributed by atoms with Crippen molar-refractivity contribution in [2.75, 3.05) is 0 Å². The summed E-state index contributed by atoms with van der Waals surface area (Å²) in [5, 5.41) is 2.53. The lowest BCUT2D eigenvalue weighted by atomic mass is 10.1. The number of rotatable bonds is 4. The van der Waals surface area contributed by atoms with E-state index < -0.39 is 23.4 Å². The van der Waals surface area contributed by atoms with E-state index in [-0.39, 0.29) is 12.3 Å². The zero-order valence-electron chi connectivity index (χ0n) is 12.2. The summed E-state index contributed by atoms with van der Waals surface area (Å²) in [6.45, 7) is 6.82. The molecule has 1 N–H and O–H groups in total. The molecular weight excluding hydrogens is 261 g/mol. The fraction of sp³-hybridized carbons (Fsp3) is 0.467. The molecule has 4 nitrogen and oxygen atoms in total. The van der Waals surface area contributed by atoms with Crippen molar-refractivity contribution >= 4 is 11.9 Å². The van der Waals surface area contributed by atoms with Crippen LogP contribution in [-0.4, -0.2) is 23.5 Å². The quantitative estimate of drug-likeness (QED) is 0.861. The Morgan fingerprint density at radius 1 is 1.35 bits per heavy atom. The normalized spacial score (nSPS) is 12.7. The summed E-state index contributed by atoms with van der Waals surface area (Å²) in [7, 11) is 0. The van der Waals surface area contributed by atoms with Crippen molar-refractivity contribution in [1.29, 1.82) is 0 Å². The van der Waals surface area contributed by atoms with Crippen molar-refractivity contribution in [2.24, 2.45) is 0 Å². The summed E-state index contributed by atoms with van der Waals surface area (Å²) < 4.78 is 18.1. The zero-order valence-corrected chi connectivity index (χ0v) is 12.2. The van der Waals surface area contributed by atoms with Gasteiger partial charge in [0.15, 0.2) is 0 Å². The first-order valence-corrected chi connectivity index (χ1v) is 6.44. The topological polar surface area (TPSA) is 55.4 Å². The van der Waals surface area contributed by atoms with Gasteiger partial charge < -0.3 is 10.1 Å². The lowest BCUT2D eigenvalue weighted by Crippen LogP contribution is -2.42. The molecule has 1 rings (SSSR count). The summed E-state index contributed by atoms with van der Waals surface area (Å²) in [6, 6.07) is 5.05. The Hall–Kier alpha value is -1.91. The number of ether oxygens (including phenoxy) is 1. The van der Waals surface area contributed by atoms with E-state index >= 15 is 0 Å². The fourth-order valence-corrected chi connectivity index (χ4v) is 1.57. The minimum absolute atomic E-state index is 0.0187. The van der Waals surface area contributed by atoms with Crippen LogP contribution >= 0.6 is 0 Å². The number of esters is 1. The van der Waals surface area contributed by atoms with Crippen LogP contribution in [0.1, 0.15) is 33.3 Å². The predicted octanol–water partition coefficient (Wildman–Crippen LogP) is 2.21. The monoisotopic (exact) mass is 281 g/mol. The number of benzene rings is 1. The first-order chi connectivity index (χ1) is 9.17. The molecule has 0 unspecified atom stereocenters. The smallest absolute Gasteiger partial charge is 0.328 e. The first-order valence-electron chi connectivity index (χ1n) is 6.44. The number of carbonyl (C=O) groups is 2. The van der Waals surface area contributed by atoms with Crippen LogP contribution < -0.4 is 5.32 Å². The van der Waals surface area contributed by atoms with Crippen LogP contribution in [0.15, 0.2) is 24.3 Å². The number of halogens is 1. The summed E-state index contributed by atoms with van der Waals surface area (Å²) in [5.41, 5.74) is -0.0441. The van der Waals surface area contributed by atoms with E-state index in [0.717, 1.165) is 0 Å². The van der Waals surface area contributed by atoms with Gasteiger partial charge in [-0.05, 0) is 45.4 Å². The number of carbonyl (C=O) groups excluding carboxylic acids is 2. The summed E-state index contributed by atoms with van der Waals surface area (Å²) in [5.74, 6) is -1.24. The van der Waals surface area contributed by atoms with Crippen LogP contribution in [0.4, 0.5) is 4.39 Å². The van der Waals surface area contributed by atoms with E-state index in [1.807, 2.05) is 0 Å². The second kappa shape index (κ2) is 6.50. The van der Waals surface area contributed by atoms with Crippen molar-refractivity contribution in [3.05, 3.63) is 35.6 Å². The van der Waals surface area contributed by atoms with Crippen molar-refractivity contribution in [3.63, 3.8) is 0 Å². The average molecular weight is 281 g/mol. The van der Waals surface area contributed by atoms with Crippen LogP contribution in [0.5, 0.6) is 0 Å². The van der Waals surface area contributed by atoms with Gasteiger partial charge in [0.05, 0.1) is 6.42 Å². The molecule has 0 heterocycles. The molecule has 0 aliphatic heterocycles. The molecule has 0 spiro atoms. The number of hydrogen-bond acceptors (Lipinski definition) is 3. The van der Waals surface area contributed by atoms with Gasteiger partial charge in [0, 0.05) is 0 Å². The Bertz CT molecular complexity index is 494. The highest BCUT2D eigenvalue weighted by Crippen LogP contribution is 2.09. The van der Waals surface area contributed by atoms with Gasteiger partial charge in [-0.2, -0.15) is 0 Å². The van der Waals surface area contributed by atoms with Gasteiger partial charge in [0.25, 0.3) is 0 Å². The Labute approximate surface area is 118 Å². The lowest BCUT2D eigenvalue weighted by Gasteiger charge is -2.22. The summed E-state index contributed by atoms with van der Waals surface area (Å²) in [4.78, 5) is 23.5. The molecule has 0 radical (unpaired) electrons.